The number of amides is 6. The van der Waals surface area contributed by atoms with Gasteiger partial charge in [-0.15, -0.1) is 0 Å². The molecule has 0 aliphatic carbocycles. The maximum absolute atomic E-state index is 14.2. The molecule has 5 saturated heterocycles. The summed E-state index contributed by atoms with van der Waals surface area (Å²) in [6.07, 6.45) is 17.2. The van der Waals surface area contributed by atoms with Gasteiger partial charge in [-0.3, -0.25) is 28.8 Å². The Morgan fingerprint density at radius 1 is 0.398 bits per heavy atom. The van der Waals surface area contributed by atoms with Crippen LogP contribution >= 0.6 is 23.2 Å². The molecule has 0 saturated carbocycles. The van der Waals surface area contributed by atoms with Crippen molar-refractivity contribution in [1.82, 2.24) is 61.7 Å². The van der Waals surface area contributed by atoms with Gasteiger partial charge in [0, 0.05) is 142 Å². The Morgan fingerprint density at radius 3 is 1.09 bits per heavy atom. The Kier molecular flexibility index (Phi) is 36.6. The van der Waals surface area contributed by atoms with Gasteiger partial charge in [0.05, 0.1) is 18.1 Å². The van der Waals surface area contributed by atoms with Crippen LogP contribution in [-0.4, -0.2) is 207 Å². The van der Waals surface area contributed by atoms with Crippen LogP contribution in [-0.2, 0) is 24.0 Å². The minimum absolute atomic E-state index is 0.00214. The van der Waals surface area contributed by atoms with Crippen molar-refractivity contribution >= 4 is 81.6 Å². The van der Waals surface area contributed by atoms with Gasteiger partial charge in [-0.1, -0.05) is 262 Å². The zero-order valence-corrected chi connectivity index (χ0v) is 75.4. The zero-order valence-electron chi connectivity index (χ0n) is 73.9. The smallest absolute Gasteiger partial charge is 0.251 e. The van der Waals surface area contributed by atoms with E-state index in [1.165, 1.54) is 83.7 Å². The summed E-state index contributed by atoms with van der Waals surface area (Å²) in [4.78, 5) is 91.6. The molecule has 6 amide bonds. The summed E-state index contributed by atoms with van der Waals surface area (Å²) in [5.41, 5.74) is 9.55. The summed E-state index contributed by atoms with van der Waals surface area (Å²) in [5, 5.41) is 26.4. The Labute approximate surface area is 765 Å². The predicted octanol–water partition coefficient (Wildman–Crippen LogP) is 16.6. The fourth-order valence-electron chi connectivity index (χ4n) is 17.9. The molecule has 5 aliphatic heterocycles. The lowest BCUT2D eigenvalue weighted by Crippen LogP contribution is -2.50. The number of benzene rings is 10. The molecule has 0 aromatic heterocycles. The highest BCUT2D eigenvalue weighted by Gasteiger charge is 2.37. The summed E-state index contributed by atoms with van der Waals surface area (Å²) in [6.45, 7) is 16.2. The molecule has 7 N–H and O–H groups in total. The van der Waals surface area contributed by atoms with Crippen molar-refractivity contribution in [3.63, 3.8) is 0 Å². The highest BCUT2D eigenvalue weighted by Crippen LogP contribution is 2.32. The first-order valence-electron chi connectivity index (χ1n) is 46.0. The highest BCUT2D eigenvalue weighted by atomic mass is 35.5. The lowest BCUT2D eigenvalue weighted by molar-refractivity contribution is -0.133. The first kappa shape index (κ1) is 94.6. The van der Waals surface area contributed by atoms with Gasteiger partial charge in [-0.25, -0.2) is 4.39 Å². The van der Waals surface area contributed by atoms with Crippen LogP contribution in [0.2, 0.25) is 10.0 Å². The zero-order chi connectivity index (χ0) is 89.2. The van der Waals surface area contributed by atoms with E-state index >= 15 is 0 Å². The van der Waals surface area contributed by atoms with Gasteiger partial charge in [0.1, 0.15) is 5.82 Å². The van der Waals surface area contributed by atoms with Crippen LogP contribution in [0.5, 0.6) is 0 Å². The summed E-state index contributed by atoms with van der Waals surface area (Å²) in [5.74, 6) is -0.149. The second-order valence-electron chi connectivity index (χ2n) is 34.7. The molecule has 0 spiro atoms. The van der Waals surface area contributed by atoms with E-state index in [1.54, 1.807) is 66.8 Å². The molecule has 5 fully saturated rings. The second kappa shape index (κ2) is 49.5. The monoisotopic (exact) mass is 1760 g/mol. The van der Waals surface area contributed by atoms with E-state index in [0.29, 0.717) is 87.0 Å². The van der Waals surface area contributed by atoms with E-state index in [9.17, 15) is 33.2 Å². The van der Waals surface area contributed by atoms with Gasteiger partial charge < -0.3 is 61.7 Å². The van der Waals surface area contributed by atoms with Crippen molar-refractivity contribution in [3.05, 3.63) is 345 Å². The Morgan fingerprint density at radius 2 is 0.727 bits per heavy atom. The maximum Gasteiger partial charge on any atom is 0.251 e. The van der Waals surface area contributed by atoms with Gasteiger partial charge in [0.15, 0.2) is 0 Å². The van der Waals surface area contributed by atoms with Crippen molar-refractivity contribution in [1.29, 1.82) is 0 Å². The molecular weight excluding hydrogens is 1640 g/mol. The molecule has 18 nitrogen and oxygen atoms in total. The van der Waals surface area contributed by atoms with Crippen molar-refractivity contribution in [3.8, 4) is 0 Å². The van der Waals surface area contributed by atoms with Crippen LogP contribution in [0.3, 0.4) is 0 Å². The first-order chi connectivity index (χ1) is 62.5. The van der Waals surface area contributed by atoms with Crippen LogP contribution in [0.25, 0.3) is 22.9 Å². The lowest BCUT2D eigenvalue weighted by atomic mass is 9.90. The average molecular weight is 1770 g/mol. The molecule has 10 aromatic rings. The third kappa shape index (κ3) is 29.3. The van der Waals surface area contributed by atoms with Crippen molar-refractivity contribution in [2.75, 3.05) is 105 Å². The molecule has 21 heteroatoms. The van der Waals surface area contributed by atoms with E-state index in [2.05, 4.69) is 211 Å². The molecule has 5 aliphatic rings. The van der Waals surface area contributed by atoms with Crippen LogP contribution in [0, 0.1) is 5.82 Å². The number of carbonyl (C=O) groups is 6. The number of hydrogen-bond donors (Lipinski definition) is 7. The molecule has 0 bridgehead atoms. The summed E-state index contributed by atoms with van der Waals surface area (Å²) < 4.78 is 13.6. The van der Waals surface area contributed by atoms with Crippen LogP contribution in [0.4, 0.5) is 4.39 Å². The summed E-state index contributed by atoms with van der Waals surface area (Å²) >= 11 is 11.9. The molecule has 6 atom stereocenters. The molecule has 0 radical (unpaired) electrons. The molecule has 0 unspecified atom stereocenters. The van der Waals surface area contributed by atoms with Crippen molar-refractivity contribution < 1.29 is 33.2 Å². The number of piperidine rings is 1. The van der Waals surface area contributed by atoms with Crippen LogP contribution < -0.4 is 37.2 Å². The first-order valence-corrected chi connectivity index (χ1v) is 46.8. The van der Waals surface area contributed by atoms with Gasteiger partial charge in [-0.05, 0) is 213 Å². The van der Waals surface area contributed by atoms with E-state index in [-0.39, 0.29) is 95.3 Å². The predicted molar refractivity (Wildman–Crippen MR) is 516 cm³/mol. The van der Waals surface area contributed by atoms with E-state index < -0.39 is 0 Å². The normalized spacial score (nSPS) is 19.1. The molecule has 5 heterocycles. The number of likely N-dealkylation sites (tertiary alicyclic amines) is 2. The number of fused-ring (bicyclic) bond motifs is 1. The number of hydrogen-bond acceptors (Lipinski definition) is 12. The Balaban J connectivity index is 0.000000164. The van der Waals surface area contributed by atoms with Crippen molar-refractivity contribution in [2.24, 2.45) is 0 Å². The minimum Gasteiger partial charge on any atom is -0.351 e. The number of nitrogens with zero attached hydrogens (tertiary/aromatic N) is 5. The SMILES string of the molecule is CC(C)NCC[C@@H]1N[C@H](CNC(=O)/C=C/c2ccc(Cl)cc2)CCN(CC(c2ccccc2)c2ccccc2)C1=O.O=C(/C=C/c1ccc(Cl)cc1)NC[C@@H]1CCN(CC(c2ccccc2)c2ccccc2)C(=O)[C@H](CCN2CCCC2)N1.O=C(NC[C@@H]1CCN(CC(c2ccccc2)c2ccccc2)C(=O)[C@H](CCN2CCCCC2)N1)c1ccc2cc(F)ccc2c1. The Hall–Kier alpha value is -11.0. The van der Waals surface area contributed by atoms with Gasteiger partial charge in [-0.2, -0.15) is 0 Å². The van der Waals surface area contributed by atoms with Gasteiger partial charge >= 0.3 is 0 Å². The lowest BCUT2D eigenvalue weighted by Gasteiger charge is -2.31. The maximum atomic E-state index is 14.2. The summed E-state index contributed by atoms with van der Waals surface area (Å²) in [6, 6.07) is 86.5. The number of carbonyl (C=O) groups excluding carboxylic acids is 6. The number of rotatable bonds is 33. The third-order valence-corrected chi connectivity index (χ3v) is 25.6. The topological polar surface area (TPSA) is 203 Å². The average Bonchev–Trinajstić information content (AvgIpc) is 1.43. The van der Waals surface area contributed by atoms with Crippen LogP contribution in [0.15, 0.2) is 279 Å². The molecule has 670 valence electrons. The second-order valence-corrected chi connectivity index (χ2v) is 35.6. The van der Waals surface area contributed by atoms with E-state index in [4.69, 9.17) is 23.2 Å². The standard InChI is InChI=1S/C38H43FN4O2.C35H41ClN4O2.C34H41ClN4O2/c39-33-17-16-30-24-32(15-14-31(30)25-33)37(44)40-26-34-18-23-43(38(45)36(41-34)19-22-42-20-8-3-9-21-42)27-35(28-10-4-1-5-11-28)29-12-6-2-7-13-29;36-30-16-13-27(14-17-30)15-18-34(41)37-25-31-19-24-40(35(42)33(38-31)20-23-39-21-7-8-22-39)26-32(28-9-3-1-4-10-28)29-11-5-2-6-12-29;1-25(2)36-21-19-32-34(41)39(24-31(27-9-5-3-6-10-27)28-11-7-4-8-12-28)22-20-30(38-32)23-37-33(40)18-15-26-13-16-29(35)17-14-26/h1-2,4-7,10-17,24-25,34-36,41H,3,8-9,18-23,26-27H2,(H,40,44);1-6,9-18,31-33,38H,7-8,19-26H2,(H,37,41);3-18,25,30-32,36,38H,19-24H2,1-2H3,(H,37,40)/b;2*18-15+/t34-,36-;31-,33-;30-,32-/m000/s1. The quantitative estimate of drug-likeness (QED) is 0.0192. The van der Waals surface area contributed by atoms with Gasteiger partial charge in [0.25, 0.3) is 5.91 Å². The molecular formula is C107H125Cl2FN12O6. The molecule has 128 heavy (non-hydrogen) atoms. The fraction of sp³-hybridized carbons (Fsp3) is 0.364. The summed E-state index contributed by atoms with van der Waals surface area (Å²) in [7, 11) is 0. The highest BCUT2D eigenvalue weighted by molar-refractivity contribution is 6.31. The Bertz CT molecular complexity index is 5050. The number of nitrogens with one attached hydrogen (secondary N) is 7. The van der Waals surface area contributed by atoms with Crippen LogP contribution in [0.1, 0.15) is 157 Å². The van der Waals surface area contributed by atoms with E-state index in [1.807, 2.05) is 70.5 Å². The van der Waals surface area contributed by atoms with Gasteiger partial charge in [0.2, 0.25) is 29.5 Å². The third-order valence-electron chi connectivity index (χ3n) is 25.1. The van der Waals surface area contributed by atoms with Crippen molar-refractivity contribution in [2.45, 2.75) is 145 Å². The van der Waals surface area contributed by atoms with E-state index in [0.717, 1.165) is 99.8 Å². The minimum atomic E-state index is -0.331. The fourth-order valence-corrected chi connectivity index (χ4v) is 18.2. The molecule has 10 aromatic carbocycles. The molecule has 15 rings (SSSR count). The number of halogens is 3. The largest absolute Gasteiger partial charge is 0.351 e.